The van der Waals surface area contributed by atoms with Crippen molar-refractivity contribution in [3.05, 3.63) is 35.9 Å². The van der Waals surface area contributed by atoms with Crippen molar-refractivity contribution in [2.24, 2.45) is 5.92 Å². The van der Waals surface area contributed by atoms with Gasteiger partial charge in [0.2, 0.25) is 0 Å². The predicted octanol–water partition coefficient (Wildman–Crippen LogP) is 2.84. The molecule has 1 saturated carbocycles. The molecule has 0 saturated heterocycles. The fourth-order valence-corrected chi connectivity index (χ4v) is 2.10. The zero-order chi connectivity index (χ0) is 10.5. The molecule has 2 rings (SSSR count). The van der Waals surface area contributed by atoms with E-state index in [0.29, 0.717) is 5.38 Å². The monoisotopic (exact) mass is 223 g/mol. The molecule has 0 aliphatic heterocycles. The average Bonchev–Trinajstić information content (AvgIpc) is 3.09. The van der Waals surface area contributed by atoms with Gasteiger partial charge in [0.25, 0.3) is 0 Å². The average molecular weight is 224 g/mol. The molecule has 1 atom stereocenters. The molecule has 1 aliphatic carbocycles. The van der Waals surface area contributed by atoms with Crippen molar-refractivity contribution in [2.45, 2.75) is 24.6 Å². The molecule has 1 aromatic rings. The van der Waals surface area contributed by atoms with Crippen LogP contribution < -0.4 is 5.32 Å². The Balaban J connectivity index is 1.58. The largest absolute Gasteiger partial charge is 0.315 e. The van der Waals surface area contributed by atoms with Crippen molar-refractivity contribution in [1.29, 1.82) is 0 Å². The van der Waals surface area contributed by atoms with E-state index in [1.54, 1.807) is 0 Å². The smallest absolute Gasteiger partial charge is 0.0488 e. The van der Waals surface area contributed by atoms with Crippen molar-refractivity contribution >= 4 is 11.6 Å². The van der Waals surface area contributed by atoms with Crippen LogP contribution in [0.2, 0.25) is 0 Å². The summed E-state index contributed by atoms with van der Waals surface area (Å²) in [5.41, 5.74) is 1.39. The summed E-state index contributed by atoms with van der Waals surface area (Å²) in [7, 11) is 0. The maximum atomic E-state index is 6.20. The van der Waals surface area contributed by atoms with Gasteiger partial charge < -0.3 is 5.32 Å². The lowest BCUT2D eigenvalue weighted by Crippen LogP contribution is -2.26. The molecule has 0 heterocycles. The Morgan fingerprint density at radius 2 is 2.00 bits per heavy atom. The first-order valence-corrected chi connectivity index (χ1v) is 6.18. The number of alkyl halides is 1. The van der Waals surface area contributed by atoms with Gasteiger partial charge >= 0.3 is 0 Å². The number of hydrogen-bond donors (Lipinski definition) is 1. The van der Waals surface area contributed by atoms with Crippen LogP contribution in [0, 0.1) is 5.92 Å². The summed E-state index contributed by atoms with van der Waals surface area (Å²) in [5.74, 6) is 0.788. The summed E-state index contributed by atoms with van der Waals surface area (Å²) in [4.78, 5) is 0. The molecule has 1 nitrogen and oxygen atoms in total. The molecule has 0 amide bonds. The van der Waals surface area contributed by atoms with E-state index in [0.717, 1.165) is 25.4 Å². The summed E-state index contributed by atoms with van der Waals surface area (Å²) in [5, 5.41) is 3.77. The fourth-order valence-electron chi connectivity index (χ4n) is 1.74. The number of nitrogens with one attached hydrogen (secondary N) is 1. The zero-order valence-electron chi connectivity index (χ0n) is 8.95. The van der Waals surface area contributed by atoms with Crippen LogP contribution in [0.4, 0.5) is 0 Å². The first-order chi connectivity index (χ1) is 7.36. The third-order valence-corrected chi connectivity index (χ3v) is 3.42. The van der Waals surface area contributed by atoms with Gasteiger partial charge in [0.15, 0.2) is 0 Å². The third kappa shape index (κ3) is 3.84. The Bertz CT molecular complexity index is 282. The first kappa shape index (κ1) is 11.0. The molecule has 1 aliphatic rings. The highest BCUT2D eigenvalue weighted by atomic mass is 35.5. The Morgan fingerprint density at radius 3 is 2.67 bits per heavy atom. The van der Waals surface area contributed by atoms with E-state index in [1.807, 2.05) is 0 Å². The van der Waals surface area contributed by atoms with Gasteiger partial charge in [0.1, 0.15) is 0 Å². The lowest BCUT2D eigenvalue weighted by Gasteiger charge is -2.09. The number of hydrogen-bond acceptors (Lipinski definition) is 1. The van der Waals surface area contributed by atoms with Gasteiger partial charge in [-0.3, -0.25) is 0 Å². The van der Waals surface area contributed by atoms with Crippen LogP contribution in [0.3, 0.4) is 0 Å². The number of rotatable bonds is 6. The molecular formula is C13H18ClN. The minimum atomic E-state index is 0.348. The summed E-state index contributed by atoms with van der Waals surface area (Å²) in [6, 6.07) is 10.6. The SMILES string of the molecule is ClC(CNCCc1ccccc1)C1CC1. The number of benzene rings is 1. The topological polar surface area (TPSA) is 12.0 Å². The van der Waals surface area contributed by atoms with Gasteiger partial charge in [-0.1, -0.05) is 30.3 Å². The molecule has 0 spiro atoms. The van der Waals surface area contributed by atoms with E-state index in [2.05, 4.69) is 35.6 Å². The van der Waals surface area contributed by atoms with E-state index in [9.17, 15) is 0 Å². The van der Waals surface area contributed by atoms with Gasteiger partial charge in [-0.25, -0.2) is 0 Å². The quantitative estimate of drug-likeness (QED) is 0.578. The molecule has 1 N–H and O–H groups in total. The number of halogens is 1. The zero-order valence-corrected chi connectivity index (χ0v) is 9.71. The van der Waals surface area contributed by atoms with E-state index in [1.165, 1.54) is 18.4 Å². The van der Waals surface area contributed by atoms with Gasteiger partial charge in [0.05, 0.1) is 0 Å². The highest BCUT2D eigenvalue weighted by Crippen LogP contribution is 2.35. The van der Waals surface area contributed by atoms with Crippen molar-refractivity contribution in [2.75, 3.05) is 13.1 Å². The van der Waals surface area contributed by atoms with Crippen LogP contribution in [0.5, 0.6) is 0 Å². The first-order valence-electron chi connectivity index (χ1n) is 5.75. The second-order valence-electron chi connectivity index (χ2n) is 4.29. The Kier molecular flexibility index (Phi) is 4.04. The van der Waals surface area contributed by atoms with Gasteiger partial charge in [-0.05, 0) is 37.3 Å². The van der Waals surface area contributed by atoms with E-state index in [4.69, 9.17) is 11.6 Å². The van der Waals surface area contributed by atoms with Crippen LogP contribution in [-0.2, 0) is 6.42 Å². The lowest BCUT2D eigenvalue weighted by atomic mass is 10.1. The van der Waals surface area contributed by atoms with Crippen molar-refractivity contribution < 1.29 is 0 Å². The third-order valence-electron chi connectivity index (χ3n) is 2.91. The molecule has 2 heteroatoms. The van der Waals surface area contributed by atoms with Crippen LogP contribution >= 0.6 is 11.6 Å². The Hall–Kier alpha value is -0.530. The second-order valence-corrected chi connectivity index (χ2v) is 4.85. The molecule has 0 radical (unpaired) electrons. The summed E-state index contributed by atoms with van der Waals surface area (Å²) < 4.78 is 0. The lowest BCUT2D eigenvalue weighted by molar-refractivity contribution is 0.620. The van der Waals surface area contributed by atoms with E-state index < -0.39 is 0 Å². The molecule has 15 heavy (non-hydrogen) atoms. The van der Waals surface area contributed by atoms with Crippen LogP contribution in [0.1, 0.15) is 18.4 Å². The molecule has 0 bridgehead atoms. The fraction of sp³-hybridized carbons (Fsp3) is 0.538. The summed E-state index contributed by atoms with van der Waals surface area (Å²) in [6.07, 6.45) is 3.75. The van der Waals surface area contributed by atoms with Crippen molar-refractivity contribution in [3.8, 4) is 0 Å². The van der Waals surface area contributed by atoms with Gasteiger partial charge in [-0.15, -0.1) is 11.6 Å². The summed E-state index contributed by atoms with van der Waals surface area (Å²) in [6.45, 7) is 1.99. The summed E-state index contributed by atoms with van der Waals surface area (Å²) >= 11 is 6.20. The molecule has 1 unspecified atom stereocenters. The maximum Gasteiger partial charge on any atom is 0.0488 e. The second kappa shape index (κ2) is 5.53. The van der Waals surface area contributed by atoms with E-state index >= 15 is 0 Å². The Labute approximate surface area is 96.8 Å². The molecule has 1 aromatic carbocycles. The molecule has 82 valence electrons. The normalized spacial score (nSPS) is 17.7. The van der Waals surface area contributed by atoms with Crippen molar-refractivity contribution in [3.63, 3.8) is 0 Å². The Morgan fingerprint density at radius 1 is 1.27 bits per heavy atom. The highest BCUT2D eigenvalue weighted by Gasteiger charge is 2.28. The maximum absolute atomic E-state index is 6.20. The minimum Gasteiger partial charge on any atom is -0.315 e. The standard InChI is InChI=1S/C13H18ClN/c14-13(12-6-7-12)10-15-9-8-11-4-2-1-3-5-11/h1-5,12-13,15H,6-10H2. The van der Waals surface area contributed by atoms with Gasteiger partial charge in [-0.2, -0.15) is 0 Å². The van der Waals surface area contributed by atoms with E-state index in [-0.39, 0.29) is 0 Å². The van der Waals surface area contributed by atoms with Crippen LogP contribution in [0.15, 0.2) is 30.3 Å². The molecule has 0 aromatic heterocycles. The molecular weight excluding hydrogens is 206 g/mol. The minimum absolute atomic E-state index is 0.348. The van der Waals surface area contributed by atoms with Crippen molar-refractivity contribution in [1.82, 2.24) is 5.32 Å². The van der Waals surface area contributed by atoms with Crippen LogP contribution in [-0.4, -0.2) is 18.5 Å². The highest BCUT2D eigenvalue weighted by molar-refractivity contribution is 6.21. The molecule has 1 fully saturated rings. The van der Waals surface area contributed by atoms with Crippen LogP contribution in [0.25, 0.3) is 0 Å². The van der Waals surface area contributed by atoms with Gasteiger partial charge in [0, 0.05) is 11.9 Å². The predicted molar refractivity (Wildman–Crippen MR) is 65.4 cm³/mol.